The van der Waals surface area contributed by atoms with Crippen molar-refractivity contribution < 1.29 is 0 Å². The molecular formula is C10H13N3. The summed E-state index contributed by atoms with van der Waals surface area (Å²) in [6, 6.07) is 4.16. The molecule has 0 aliphatic carbocycles. The van der Waals surface area contributed by atoms with Crippen molar-refractivity contribution in [3.63, 3.8) is 0 Å². The number of aromatic nitrogens is 1. The maximum absolute atomic E-state index is 4.02. The van der Waals surface area contributed by atoms with Crippen molar-refractivity contribution in [1.29, 1.82) is 0 Å². The molecule has 3 nitrogen and oxygen atoms in total. The van der Waals surface area contributed by atoms with Gasteiger partial charge in [-0.1, -0.05) is 0 Å². The van der Waals surface area contributed by atoms with Gasteiger partial charge in [0.2, 0.25) is 0 Å². The molecule has 1 aromatic heterocycles. The van der Waals surface area contributed by atoms with Gasteiger partial charge in [-0.15, -0.1) is 0 Å². The first-order chi connectivity index (χ1) is 6.38. The highest BCUT2D eigenvalue weighted by molar-refractivity contribution is 5.49. The average Bonchev–Trinajstić information content (AvgIpc) is 2.01. The molecule has 0 radical (unpaired) electrons. The highest BCUT2D eigenvalue weighted by Crippen LogP contribution is 2.36. The number of nitrogens with one attached hydrogen (secondary N) is 1. The highest BCUT2D eigenvalue weighted by atomic mass is 15.3. The van der Waals surface area contributed by atoms with Gasteiger partial charge in [-0.25, -0.2) is 0 Å². The predicted octanol–water partition coefficient (Wildman–Crippen LogP) is 0.491. The third-order valence-corrected chi connectivity index (χ3v) is 3.08. The zero-order chi connectivity index (χ0) is 8.73. The molecule has 2 saturated heterocycles. The SMILES string of the molecule is c1cc(N2CC3(CNC3)C2)ccn1. The Morgan fingerprint density at radius 2 is 1.92 bits per heavy atom. The van der Waals surface area contributed by atoms with E-state index in [-0.39, 0.29) is 0 Å². The summed E-state index contributed by atoms with van der Waals surface area (Å²) in [5.41, 5.74) is 1.93. The van der Waals surface area contributed by atoms with Crippen LogP contribution in [0.3, 0.4) is 0 Å². The summed E-state index contributed by atoms with van der Waals surface area (Å²) in [6.07, 6.45) is 3.72. The molecule has 0 saturated carbocycles. The lowest BCUT2D eigenvalue weighted by Crippen LogP contribution is -2.71. The minimum absolute atomic E-state index is 0.614. The second kappa shape index (κ2) is 2.45. The second-order valence-corrected chi connectivity index (χ2v) is 4.17. The van der Waals surface area contributed by atoms with Crippen LogP contribution in [-0.4, -0.2) is 31.2 Å². The lowest BCUT2D eigenvalue weighted by molar-refractivity contribution is 0.121. The number of anilines is 1. The fraction of sp³-hybridized carbons (Fsp3) is 0.500. The minimum Gasteiger partial charge on any atom is -0.370 e. The van der Waals surface area contributed by atoms with E-state index in [1.165, 1.54) is 31.9 Å². The Bertz CT molecular complexity index is 297. The Morgan fingerprint density at radius 3 is 2.46 bits per heavy atom. The van der Waals surface area contributed by atoms with Gasteiger partial charge in [0, 0.05) is 49.7 Å². The fourth-order valence-electron chi connectivity index (χ4n) is 2.20. The van der Waals surface area contributed by atoms with Crippen molar-refractivity contribution >= 4 is 5.69 Å². The molecule has 0 amide bonds. The Morgan fingerprint density at radius 1 is 1.23 bits per heavy atom. The fourth-order valence-corrected chi connectivity index (χ4v) is 2.20. The van der Waals surface area contributed by atoms with Crippen LogP contribution in [0, 0.1) is 5.41 Å². The molecule has 3 rings (SSSR count). The van der Waals surface area contributed by atoms with E-state index in [1.807, 2.05) is 12.4 Å². The Labute approximate surface area is 77.8 Å². The van der Waals surface area contributed by atoms with Crippen molar-refractivity contribution in [2.45, 2.75) is 0 Å². The molecule has 2 fully saturated rings. The number of rotatable bonds is 1. The molecule has 1 aromatic rings. The normalized spacial score (nSPS) is 23.8. The average molecular weight is 175 g/mol. The predicted molar refractivity (Wildman–Crippen MR) is 51.8 cm³/mol. The molecule has 1 N–H and O–H groups in total. The van der Waals surface area contributed by atoms with E-state index in [4.69, 9.17) is 0 Å². The zero-order valence-electron chi connectivity index (χ0n) is 7.53. The van der Waals surface area contributed by atoms with Gasteiger partial charge in [0.1, 0.15) is 0 Å². The lowest BCUT2D eigenvalue weighted by Gasteiger charge is -2.57. The molecule has 1 spiro atoms. The van der Waals surface area contributed by atoms with Crippen molar-refractivity contribution in [2.24, 2.45) is 5.41 Å². The highest BCUT2D eigenvalue weighted by Gasteiger charge is 2.47. The summed E-state index contributed by atoms with van der Waals surface area (Å²) >= 11 is 0. The van der Waals surface area contributed by atoms with E-state index in [0.29, 0.717) is 5.41 Å². The maximum Gasteiger partial charge on any atom is 0.0397 e. The first-order valence-corrected chi connectivity index (χ1v) is 4.74. The van der Waals surface area contributed by atoms with Crippen LogP contribution >= 0.6 is 0 Å². The smallest absolute Gasteiger partial charge is 0.0397 e. The summed E-state index contributed by atoms with van der Waals surface area (Å²) < 4.78 is 0. The van der Waals surface area contributed by atoms with Gasteiger partial charge in [0.25, 0.3) is 0 Å². The van der Waals surface area contributed by atoms with Gasteiger partial charge < -0.3 is 10.2 Å². The van der Waals surface area contributed by atoms with Crippen LogP contribution in [-0.2, 0) is 0 Å². The topological polar surface area (TPSA) is 28.2 Å². The van der Waals surface area contributed by atoms with Crippen LogP contribution in [0.25, 0.3) is 0 Å². The number of hydrogen-bond acceptors (Lipinski definition) is 3. The van der Waals surface area contributed by atoms with Crippen LogP contribution in [0.5, 0.6) is 0 Å². The molecular weight excluding hydrogens is 162 g/mol. The van der Waals surface area contributed by atoms with E-state index < -0.39 is 0 Å². The van der Waals surface area contributed by atoms with Gasteiger partial charge in [-0.2, -0.15) is 0 Å². The third-order valence-electron chi connectivity index (χ3n) is 3.08. The minimum atomic E-state index is 0.614. The molecule has 3 heterocycles. The Kier molecular flexibility index (Phi) is 1.38. The Hall–Kier alpha value is -1.09. The van der Waals surface area contributed by atoms with Crippen molar-refractivity contribution in [3.8, 4) is 0 Å². The largest absolute Gasteiger partial charge is 0.370 e. The summed E-state index contributed by atoms with van der Waals surface area (Å²) in [5.74, 6) is 0. The molecule has 68 valence electrons. The zero-order valence-corrected chi connectivity index (χ0v) is 7.53. The van der Waals surface area contributed by atoms with Crippen molar-refractivity contribution in [3.05, 3.63) is 24.5 Å². The van der Waals surface area contributed by atoms with E-state index in [2.05, 4.69) is 27.3 Å². The molecule has 0 bridgehead atoms. The molecule has 3 heteroatoms. The van der Waals surface area contributed by atoms with Gasteiger partial charge >= 0.3 is 0 Å². The molecule has 13 heavy (non-hydrogen) atoms. The van der Waals surface area contributed by atoms with Gasteiger partial charge in [0.05, 0.1) is 0 Å². The van der Waals surface area contributed by atoms with E-state index in [1.54, 1.807) is 0 Å². The molecule has 0 atom stereocenters. The van der Waals surface area contributed by atoms with Gasteiger partial charge in [-0.05, 0) is 12.1 Å². The number of nitrogens with zero attached hydrogens (tertiary/aromatic N) is 2. The molecule has 2 aliphatic rings. The van der Waals surface area contributed by atoms with Crippen molar-refractivity contribution in [1.82, 2.24) is 10.3 Å². The summed E-state index contributed by atoms with van der Waals surface area (Å²) in [7, 11) is 0. The quantitative estimate of drug-likeness (QED) is 0.673. The molecule has 0 aromatic carbocycles. The first-order valence-electron chi connectivity index (χ1n) is 4.74. The van der Waals surface area contributed by atoms with Crippen LogP contribution in [0.15, 0.2) is 24.5 Å². The maximum atomic E-state index is 4.02. The lowest BCUT2D eigenvalue weighted by atomic mass is 9.74. The van der Waals surface area contributed by atoms with E-state index in [0.717, 1.165) is 0 Å². The van der Waals surface area contributed by atoms with E-state index >= 15 is 0 Å². The second-order valence-electron chi connectivity index (χ2n) is 4.17. The monoisotopic (exact) mass is 175 g/mol. The third kappa shape index (κ3) is 1.04. The van der Waals surface area contributed by atoms with Crippen molar-refractivity contribution in [2.75, 3.05) is 31.1 Å². The van der Waals surface area contributed by atoms with Gasteiger partial charge in [0.15, 0.2) is 0 Å². The molecule has 0 unspecified atom stereocenters. The molecule has 2 aliphatic heterocycles. The van der Waals surface area contributed by atoms with Crippen LogP contribution in [0.1, 0.15) is 0 Å². The van der Waals surface area contributed by atoms with Gasteiger partial charge in [-0.3, -0.25) is 4.98 Å². The first kappa shape index (κ1) is 7.33. The standard InChI is InChI=1S/C10H13N3/c1-3-11-4-2-9(1)13-7-10(8-13)5-12-6-10/h1-4,12H,5-8H2. The summed E-state index contributed by atoms with van der Waals surface area (Å²) in [4.78, 5) is 6.44. The van der Waals surface area contributed by atoms with Crippen LogP contribution in [0.2, 0.25) is 0 Å². The van der Waals surface area contributed by atoms with Crippen LogP contribution in [0.4, 0.5) is 5.69 Å². The van der Waals surface area contributed by atoms with E-state index in [9.17, 15) is 0 Å². The Balaban J connectivity index is 1.71. The van der Waals surface area contributed by atoms with Crippen LogP contribution < -0.4 is 10.2 Å². The summed E-state index contributed by atoms with van der Waals surface area (Å²) in [5, 5.41) is 3.34. The number of hydrogen-bond donors (Lipinski definition) is 1. The number of pyridine rings is 1. The summed E-state index contributed by atoms with van der Waals surface area (Å²) in [6.45, 7) is 4.83.